The van der Waals surface area contributed by atoms with E-state index in [0.717, 1.165) is 30.0 Å². The van der Waals surface area contributed by atoms with Crippen LogP contribution in [0.4, 0.5) is 5.69 Å². The van der Waals surface area contributed by atoms with Crippen molar-refractivity contribution in [1.82, 2.24) is 4.98 Å². The highest BCUT2D eigenvalue weighted by atomic mass is 16.5. The molecule has 0 radical (unpaired) electrons. The molecule has 18 heavy (non-hydrogen) atoms. The minimum Gasteiger partial charge on any atom is -0.392 e. The number of aryl methyl sites for hydroxylation is 1. The van der Waals surface area contributed by atoms with E-state index in [1.54, 1.807) is 13.3 Å². The highest BCUT2D eigenvalue weighted by molar-refractivity contribution is 5.53. The van der Waals surface area contributed by atoms with E-state index in [4.69, 9.17) is 4.74 Å². The number of nitrogens with zero attached hydrogens (tertiary/aromatic N) is 2. The summed E-state index contributed by atoms with van der Waals surface area (Å²) in [5.74, 6) is 0.557. The summed E-state index contributed by atoms with van der Waals surface area (Å²) in [6.07, 6.45) is 1.75. The first kappa shape index (κ1) is 14.9. The first-order chi connectivity index (χ1) is 8.58. The molecule has 102 valence electrons. The maximum Gasteiger partial charge on any atom is 0.0717 e. The molecule has 0 fully saturated rings. The topological polar surface area (TPSA) is 45.6 Å². The number of aliphatic hydroxyl groups is 1. The molecular formula is C14H24N2O2. The Hall–Kier alpha value is -1.13. The zero-order valence-corrected chi connectivity index (χ0v) is 11.8. The highest BCUT2D eigenvalue weighted by Crippen LogP contribution is 2.22. The molecule has 0 saturated heterocycles. The number of methoxy groups -OCH3 is 1. The lowest BCUT2D eigenvalue weighted by Crippen LogP contribution is -2.32. The zero-order valence-electron chi connectivity index (χ0n) is 11.8. The molecule has 0 unspecified atom stereocenters. The zero-order chi connectivity index (χ0) is 13.5. The average Bonchev–Trinajstić information content (AvgIpc) is 2.34. The number of ether oxygens (including phenoxy) is 1. The predicted octanol–water partition coefficient (Wildman–Crippen LogP) is 1.99. The number of aliphatic hydroxyl groups excluding tert-OH is 1. The quantitative estimate of drug-likeness (QED) is 0.806. The largest absolute Gasteiger partial charge is 0.392 e. The first-order valence-electron chi connectivity index (χ1n) is 6.38. The fourth-order valence-electron chi connectivity index (χ4n) is 1.94. The highest BCUT2D eigenvalue weighted by Gasteiger charge is 2.13. The van der Waals surface area contributed by atoms with E-state index < -0.39 is 0 Å². The number of aromatic nitrogens is 1. The van der Waals surface area contributed by atoms with Crippen molar-refractivity contribution < 1.29 is 9.84 Å². The summed E-state index contributed by atoms with van der Waals surface area (Å²) in [4.78, 5) is 6.49. The van der Waals surface area contributed by atoms with E-state index in [9.17, 15) is 5.11 Å². The van der Waals surface area contributed by atoms with E-state index in [0.29, 0.717) is 12.5 Å². The molecule has 4 nitrogen and oxygen atoms in total. The molecule has 1 aromatic rings. The minimum absolute atomic E-state index is 0.0180. The van der Waals surface area contributed by atoms with Crippen LogP contribution in [-0.2, 0) is 11.3 Å². The van der Waals surface area contributed by atoms with Crippen LogP contribution in [0.25, 0.3) is 0 Å². The van der Waals surface area contributed by atoms with Crippen LogP contribution in [-0.4, -0.2) is 36.9 Å². The third-order valence-corrected chi connectivity index (χ3v) is 2.76. The summed E-state index contributed by atoms with van der Waals surface area (Å²) in [5, 5.41) is 9.42. The second-order valence-electron chi connectivity index (χ2n) is 4.95. The summed E-state index contributed by atoms with van der Waals surface area (Å²) < 4.78 is 5.16. The number of rotatable bonds is 7. The molecule has 0 bridgehead atoms. The normalized spacial score (nSPS) is 11.0. The molecule has 0 aliphatic carbocycles. The Morgan fingerprint density at radius 1 is 1.44 bits per heavy atom. The smallest absolute Gasteiger partial charge is 0.0717 e. The van der Waals surface area contributed by atoms with Crippen molar-refractivity contribution in [3.05, 3.63) is 23.5 Å². The molecular weight excluding hydrogens is 228 g/mol. The number of pyridine rings is 1. The van der Waals surface area contributed by atoms with Crippen molar-refractivity contribution in [1.29, 1.82) is 0 Å². The third kappa shape index (κ3) is 4.27. The molecule has 0 spiro atoms. The van der Waals surface area contributed by atoms with Crippen LogP contribution >= 0.6 is 0 Å². The van der Waals surface area contributed by atoms with Crippen LogP contribution in [0.1, 0.15) is 25.1 Å². The van der Waals surface area contributed by atoms with Crippen LogP contribution in [0.15, 0.2) is 12.3 Å². The van der Waals surface area contributed by atoms with Gasteiger partial charge in [-0.2, -0.15) is 0 Å². The van der Waals surface area contributed by atoms with Gasteiger partial charge in [0.2, 0.25) is 0 Å². The van der Waals surface area contributed by atoms with Crippen LogP contribution < -0.4 is 4.90 Å². The molecule has 1 aromatic heterocycles. The maximum atomic E-state index is 9.42. The average molecular weight is 252 g/mol. The van der Waals surface area contributed by atoms with E-state index in [1.165, 1.54) is 0 Å². The monoisotopic (exact) mass is 252 g/mol. The van der Waals surface area contributed by atoms with Gasteiger partial charge in [-0.1, -0.05) is 13.8 Å². The minimum atomic E-state index is 0.0180. The van der Waals surface area contributed by atoms with E-state index in [1.807, 2.05) is 13.0 Å². The van der Waals surface area contributed by atoms with Gasteiger partial charge in [-0.05, 0) is 18.9 Å². The molecule has 1 rings (SSSR count). The van der Waals surface area contributed by atoms with Crippen molar-refractivity contribution in [2.75, 3.05) is 31.7 Å². The lowest BCUT2D eigenvalue weighted by molar-refractivity contribution is 0.204. The predicted molar refractivity (Wildman–Crippen MR) is 73.8 cm³/mol. The molecule has 0 aliphatic rings. The molecule has 0 aromatic carbocycles. The number of hydrogen-bond acceptors (Lipinski definition) is 4. The van der Waals surface area contributed by atoms with Crippen molar-refractivity contribution in [2.45, 2.75) is 27.4 Å². The van der Waals surface area contributed by atoms with Crippen molar-refractivity contribution in [2.24, 2.45) is 5.92 Å². The third-order valence-electron chi connectivity index (χ3n) is 2.76. The van der Waals surface area contributed by atoms with Gasteiger partial charge in [0.1, 0.15) is 0 Å². The van der Waals surface area contributed by atoms with Crippen LogP contribution in [0, 0.1) is 12.8 Å². The summed E-state index contributed by atoms with van der Waals surface area (Å²) in [6, 6.07) is 2.03. The summed E-state index contributed by atoms with van der Waals surface area (Å²) >= 11 is 0. The van der Waals surface area contributed by atoms with Gasteiger partial charge in [0.15, 0.2) is 0 Å². The first-order valence-corrected chi connectivity index (χ1v) is 6.38. The van der Waals surface area contributed by atoms with E-state index in [2.05, 4.69) is 23.7 Å². The van der Waals surface area contributed by atoms with Crippen LogP contribution in [0.2, 0.25) is 0 Å². The second kappa shape index (κ2) is 7.34. The van der Waals surface area contributed by atoms with E-state index >= 15 is 0 Å². The number of hydrogen-bond donors (Lipinski definition) is 1. The lowest BCUT2D eigenvalue weighted by Gasteiger charge is -2.28. The summed E-state index contributed by atoms with van der Waals surface area (Å²) in [7, 11) is 1.71. The Bertz CT molecular complexity index is 367. The number of anilines is 1. The molecule has 0 amide bonds. The van der Waals surface area contributed by atoms with Crippen molar-refractivity contribution in [3.8, 4) is 0 Å². The fraction of sp³-hybridized carbons (Fsp3) is 0.643. The Balaban J connectivity index is 2.98. The Morgan fingerprint density at radius 3 is 2.72 bits per heavy atom. The Labute approximate surface area is 110 Å². The van der Waals surface area contributed by atoms with Crippen LogP contribution in [0.3, 0.4) is 0 Å². The second-order valence-corrected chi connectivity index (χ2v) is 4.95. The van der Waals surface area contributed by atoms with Gasteiger partial charge in [0.25, 0.3) is 0 Å². The van der Waals surface area contributed by atoms with Crippen molar-refractivity contribution in [3.63, 3.8) is 0 Å². The Kier molecular flexibility index (Phi) is 6.09. The molecule has 1 N–H and O–H groups in total. The molecule has 0 atom stereocenters. The van der Waals surface area contributed by atoms with Gasteiger partial charge in [-0.3, -0.25) is 4.98 Å². The van der Waals surface area contributed by atoms with Gasteiger partial charge in [-0.15, -0.1) is 0 Å². The molecule has 4 heteroatoms. The standard InChI is InChI=1S/C14H24N2O2/c1-11(2)9-16(5-6-18-4)14-7-12(3)15-8-13(14)10-17/h7-8,11,17H,5-6,9-10H2,1-4H3. The van der Waals surface area contributed by atoms with Crippen molar-refractivity contribution >= 4 is 5.69 Å². The Morgan fingerprint density at radius 2 is 2.17 bits per heavy atom. The summed E-state index contributed by atoms with van der Waals surface area (Å²) in [5.41, 5.74) is 2.90. The molecule has 0 saturated carbocycles. The summed E-state index contributed by atoms with van der Waals surface area (Å²) in [6.45, 7) is 8.81. The lowest BCUT2D eigenvalue weighted by atomic mass is 10.1. The van der Waals surface area contributed by atoms with E-state index in [-0.39, 0.29) is 6.61 Å². The maximum absolute atomic E-state index is 9.42. The van der Waals surface area contributed by atoms with Gasteiger partial charge < -0.3 is 14.7 Å². The van der Waals surface area contributed by atoms with Gasteiger partial charge in [-0.25, -0.2) is 0 Å². The van der Waals surface area contributed by atoms with Gasteiger partial charge in [0.05, 0.1) is 13.2 Å². The van der Waals surface area contributed by atoms with Gasteiger partial charge in [0, 0.05) is 43.3 Å². The fourth-order valence-corrected chi connectivity index (χ4v) is 1.94. The van der Waals surface area contributed by atoms with Gasteiger partial charge >= 0.3 is 0 Å². The SMILES string of the molecule is COCCN(CC(C)C)c1cc(C)ncc1CO. The van der Waals surface area contributed by atoms with Crippen LogP contribution in [0.5, 0.6) is 0 Å². The molecule has 0 aliphatic heterocycles. The molecule has 1 heterocycles.